The summed E-state index contributed by atoms with van der Waals surface area (Å²) in [5, 5.41) is 9.57. The van der Waals surface area contributed by atoms with Crippen LogP contribution in [0.15, 0.2) is 73.1 Å². The summed E-state index contributed by atoms with van der Waals surface area (Å²) in [4.78, 5) is 45.0. The summed E-state index contributed by atoms with van der Waals surface area (Å²) in [7, 11) is 1.69. The number of aromatic amines is 1. The van der Waals surface area contributed by atoms with Crippen LogP contribution in [0.25, 0.3) is 21.5 Å². The molecule has 3 aromatic heterocycles. The first-order chi connectivity index (χ1) is 17.9. The number of amides is 3. The number of primary amides is 1. The SMILES string of the molecule is CN(C(=O)c1ccccc1)c1ccc2c(c1)nc(NC(=O)c1ccc(-c3cn[nH]c3)s1)n2CCC(N)=O. The highest BCUT2D eigenvalue weighted by Crippen LogP contribution is 2.29. The van der Waals surface area contributed by atoms with Crippen molar-refractivity contribution in [2.45, 2.75) is 13.0 Å². The summed E-state index contributed by atoms with van der Waals surface area (Å²) in [6, 6.07) is 18.0. The molecule has 0 aliphatic carbocycles. The molecule has 10 nitrogen and oxygen atoms in total. The highest BCUT2D eigenvalue weighted by Gasteiger charge is 2.19. The minimum absolute atomic E-state index is 0.0755. The van der Waals surface area contributed by atoms with E-state index in [1.165, 1.54) is 11.3 Å². The van der Waals surface area contributed by atoms with E-state index >= 15 is 0 Å². The number of benzene rings is 2. The predicted molar refractivity (Wildman–Crippen MR) is 143 cm³/mol. The fourth-order valence-corrected chi connectivity index (χ4v) is 4.81. The summed E-state index contributed by atoms with van der Waals surface area (Å²) in [5.74, 6) is -0.666. The van der Waals surface area contributed by atoms with Gasteiger partial charge in [-0.2, -0.15) is 5.10 Å². The molecule has 0 atom stereocenters. The summed E-state index contributed by atoms with van der Waals surface area (Å²) < 4.78 is 1.74. The number of aryl methyl sites for hydroxylation is 1. The van der Waals surface area contributed by atoms with E-state index in [4.69, 9.17) is 5.73 Å². The number of thiophene rings is 1. The Bertz CT molecular complexity index is 1590. The van der Waals surface area contributed by atoms with Crippen molar-refractivity contribution in [3.05, 3.63) is 83.5 Å². The number of anilines is 2. The van der Waals surface area contributed by atoms with Crippen molar-refractivity contribution in [2.24, 2.45) is 5.73 Å². The van der Waals surface area contributed by atoms with Gasteiger partial charge in [0.25, 0.3) is 11.8 Å². The molecule has 37 heavy (non-hydrogen) atoms. The predicted octanol–water partition coefficient (Wildman–Crippen LogP) is 3.89. The van der Waals surface area contributed by atoms with Gasteiger partial charge in [-0.3, -0.25) is 24.8 Å². The number of nitrogens with one attached hydrogen (secondary N) is 2. The first-order valence-corrected chi connectivity index (χ1v) is 12.2. The molecule has 0 aliphatic rings. The number of H-pyrrole nitrogens is 1. The molecule has 0 bridgehead atoms. The Kier molecular flexibility index (Phi) is 6.52. The number of nitrogens with zero attached hydrogens (tertiary/aromatic N) is 4. The van der Waals surface area contributed by atoms with Gasteiger partial charge in [-0.15, -0.1) is 11.3 Å². The molecule has 3 heterocycles. The van der Waals surface area contributed by atoms with E-state index in [0.717, 1.165) is 10.4 Å². The number of hydrogen-bond donors (Lipinski definition) is 3. The molecule has 5 rings (SSSR count). The maximum absolute atomic E-state index is 13.1. The molecule has 2 aromatic carbocycles. The average molecular weight is 514 g/mol. The maximum Gasteiger partial charge on any atom is 0.268 e. The van der Waals surface area contributed by atoms with Crippen molar-refractivity contribution >= 4 is 51.7 Å². The molecule has 4 N–H and O–H groups in total. The molecule has 0 unspecified atom stereocenters. The van der Waals surface area contributed by atoms with E-state index in [1.807, 2.05) is 30.3 Å². The van der Waals surface area contributed by atoms with Crippen LogP contribution >= 0.6 is 11.3 Å². The fourth-order valence-electron chi connectivity index (χ4n) is 3.93. The number of carbonyl (C=O) groups is 3. The molecule has 0 spiro atoms. The summed E-state index contributed by atoms with van der Waals surface area (Å²) in [6.45, 7) is 0.240. The number of rotatable bonds is 8. The van der Waals surface area contributed by atoms with Crippen molar-refractivity contribution in [2.75, 3.05) is 17.3 Å². The Morgan fingerprint density at radius 2 is 1.92 bits per heavy atom. The molecule has 0 fully saturated rings. The molecule has 0 radical (unpaired) electrons. The number of fused-ring (bicyclic) bond motifs is 1. The lowest BCUT2D eigenvalue weighted by Crippen LogP contribution is -2.26. The minimum Gasteiger partial charge on any atom is -0.370 e. The van der Waals surface area contributed by atoms with Crippen LogP contribution < -0.4 is 16.0 Å². The van der Waals surface area contributed by atoms with Gasteiger partial charge < -0.3 is 15.2 Å². The minimum atomic E-state index is -0.466. The van der Waals surface area contributed by atoms with E-state index in [1.54, 1.807) is 59.2 Å². The number of nitrogens with two attached hydrogens (primary N) is 1. The molecule has 5 aromatic rings. The summed E-state index contributed by atoms with van der Waals surface area (Å²) in [5.41, 5.74) is 8.75. The Balaban J connectivity index is 1.45. The zero-order valence-corrected chi connectivity index (χ0v) is 20.7. The average Bonchev–Trinajstić information content (AvgIpc) is 3.66. The summed E-state index contributed by atoms with van der Waals surface area (Å²) >= 11 is 1.33. The zero-order chi connectivity index (χ0) is 25.9. The van der Waals surface area contributed by atoms with Crippen LogP contribution in [-0.2, 0) is 11.3 Å². The number of aromatic nitrogens is 4. The van der Waals surface area contributed by atoms with E-state index in [-0.39, 0.29) is 30.7 Å². The van der Waals surface area contributed by atoms with E-state index in [2.05, 4.69) is 20.5 Å². The van der Waals surface area contributed by atoms with Crippen LogP contribution in [0.5, 0.6) is 0 Å². The van der Waals surface area contributed by atoms with Crippen LogP contribution in [-0.4, -0.2) is 44.5 Å². The second-order valence-corrected chi connectivity index (χ2v) is 9.40. The lowest BCUT2D eigenvalue weighted by molar-refractivity contribution is -0.118. The molecule has 0 saturated carbocycles. The number of imidazole rings is 1. The quantitative estimate of drug-likeness (QED) is 0.289. The lowest BCUT2D eigenvalue weighted by atomic mass is 10.2. The van der Waals surface area contributed by atoms with Gasteiger partial charge in [0.2, 0.25) is 11.9 Å². The smallest absolute Gasteiger partial charge is 0.268 e. The second-order valence-electron chi connectivity index (χ2n) is 8.31. The molecule has 186 valence electrons. The normalized spacial score (nSPS) is 10.9. The van der Waals surface area contributed by atoms with Crippen LogP contribution in [0.1, 0.15) is 26.5 Å². The van der Waals surface area contributed by atoms with E-state index < -0.39 is 5.91 Å². The molecular weight excluding hydrogens is 490 g/mol. The third-order valence-corrected chi connectivity index (χ3v) is 7.00. The van der Waals surface area contributed by atoms with Gasteiger partial charge in [0, 0.05) is 47.9 Å². The topological polar surface area (TPSA) is 139 Å². The van der Waals surface area contributed by atoms with Crippen molar-refractivity contribution in [1.82, 2.24) is 19.7 Å². The molecular formula is C26H23N7O3S. The van der Waals surface area contributed by atoms with Gasteiger partial charge in [0.1, 0.15) is 0 Å². The largest absolute Gasteiger partial charge is 0.370 e. The monoisotopic (exact) mass is 513 g/mol. The zero-order valence-electron chi connectivity index (χ0n) is 19.8. The van der Waals surface area contributed by atoms with Crippen molar-refractivity contribution in [1.29, 1.82) is 0 Å². The Morgan fingerprint density at radius 1 is 1.11 bits per heavy atom. The van der Waals surface area contributed by atoms with Crippen molar-refractivity contribution < 1.29 is 14.4 Å². The van der Waals surface area contributed by atoms with Crippen LogP contribution in [0.2, 0.25) is 0 Å². The Labute approximate surface area is 215 Å². The molecule has 0 aliphatic heterocycles. The third-order valence-electron chi connectivity index (χ3n) is 5.86. The van der Waals surface area contributed by atoms with E-state index in [9.17, 15) is 14.4 Å². The van der Waals surface area contributed by atoms with Crippen LogP contribution in [0, 0.1) is 0 Å². The maximum atomic E-state index is 13.1. The first kappa shape index (κ1) is 23.9. The Hall–Kier alpha value is -4.77. The standard InChI is InChI=1S/C26H23N7O3S/c1-32(25(36)16-5-3-2-4-6-16)18-7-8-20-19(13-18)30-26(33(20)12-11-23(27)34)31-24(35)22-10-9-21(37-22)17-14-28-29-15-17/h2-10,13-15H,11-12H2,1H3,(H2,27,34)(H,28,29)(H,30,31,35). The van der Waals surface area contributed by atoms with E-state index in [0.29, 0.717) is 27.2 Å². The highest BCUT2D eigenvalue weighted by atomic mass is 32.1. The lowest BCUT2D eigenvalue weighted by Gasteiger charge is -2.17. The first-order valence-electron chi connectivity index (χ1n) is 11.4. The highest BCUT2D eigenvalue weighted by molar-refractivity contribution is 7.17. The van der Waals surface area contributed by atoms with Crippen LogP contribution in [0.4, 0.5) is 11.6 Å². The molecule has 3 amide bonds. The second kappa shape index (κ2) is 10.1. The summed E-state index contributed by atoms with van der Waals surface area (Å²) in [6.07, 6.45) is 3.52. The van der Waals surface area contributed by atoms with Gasteiger partial charge in [0.15, 0.2) is 0 Å². The molecule has 11 heteroatoms. The Morgan fingerprint density at radius 3 is 2.65 bits per heavy atom. The van der Waals surface area contributed by atoms with Crippen molar-refractivity contribution in [3.8, 4) is 10.4 Å². The molecule has 0 saturated heterocycles. The van der Waals surface area contributed by atoms with Gasteiger partial charge in [-0.1, -0.05) is 18.2 Å². The fraction of sp³-hybridized carbons (Fsp3) is 0.115. The van der Waals surface area contributed by atoms with Gasteiger partial charge in [0.05, 0.1) is 22.1 Å². The van der Waals surface area contributed by atoms with Crippen molar-refractivity contribution in [3.63, 3.8) is 0 Å². The number of carbonyl (C=O) groups excluding carboxylic acids is 3. The van der Waals surface area contributed by atoms with Gasteiger partial charge in [-0.05, 0) is 42.5 Å². The van der Waals surface area contributed by atoms with Gasteiger partial charge >= 0.3 is 0 Å². The third kappa shape index (κ3) is 4.98. The number of hydrogen-bond acceptors (Lipinski definition) is 6. The van der Waals surface area contributed by atoms with Gasteiger partial charge in [-0.25, -0.2) is 4.98 Å². The van der Waals surface area contributed by atoms with Crippen LogP contribution in [0.3, 0.4) is 0 Å².